The fourth-order valence-corrected chi connectivity index (χ4v) is 3.36. The molecule has 3 rings (SSSR count). The zero-order valence-corrected chi connectivity index (χ0v) is 18.0. The van der Waals surface area contributed by atoms with Crippen LogP contribution in [0.2, 0.25) is 0 Å². The Balaban J connectivity index is 1.74. The maximum atomic E-state index is 13.0. The number of nitro groups is 1. The van der Waals surface area contributed by atoms with Crippen molar-refractivity contribution in [2.24, 2.45) is 0 Å². The number of nitro benzene ring substituents is 1. The predicted octanol–water partition coefficient (Wildman–Crippen LogP) is 4.40. The Morgan fingerprint density at radius 3 is 2.29 bits per heavy atom. The first-order chi connectivity index (χ1) is 14.5. The van der Waals surface area contributed by atoms with Crippen LogP contribution in [-0.4, -0.2) is 28.1 Å². The molecule has 1 saturated carbocycles. The molecule has 8 heteroatoms. The number of nitrogens with one attached hydrogen (secondary N) is 1. The van der Waals surface area contributed by atoms with Crippen LogP contribution in [0.25, 0.3) is 0 Å². The van der Waals surface area contributed by atoms with E-state index in [1.807, 2.05) is 31.2 Å². The van der Waals surface area contributed by atoms with E-state index in [4.69, 9.17) is 9.47 Å². The molecule has 0 bridgehead atoms. The largest absolute Gasteiger partial charge is 0.459 e. The lowest BCUT2D eigenvalue weighted by atomic mass is 10.0. The molecule has 0 aromatic heterocycles. The zero-order valence-electron chi connectivity index (χ0n) is 18.0. The van der Waals surface area contributed by atoms with E-state index in [9.17, 15) is 19.7 Å². The van der Waals surface area contributed by atoms with Gasteiger partial charge >= 0.3 is 12.1 Å². The smallest absolute Gasteiger partial charge is 0.408 e. The Bertz CT molecular complexity index is 979. The Labute approximate surface area is 180 Å². The summed E-state index contributed by atoms with van der Waals surface area (Å²) < 4.78 is 10.8. The number of esters is 1. The van der Waals surface area contributed by atoms with E-state index in [0.29, 0.717) is 12.0 Å². The minimum atomic E-state index is -1.21. The molecule has 164 valence electrons. The van der Waals surface area contributed by atoms with Crippen molar-refractivity contribution in [1.29, 1.82) is 0 Å². The highest BCUT2D eigenvalue weighted by atomic mass is 16.6. The molecule has 31 heavy (non-hydrogen) atoms. The van der Waals surface area contributed by atoms with Crippen LogP contribution in [0.3, 0.4) is 0 Å². The molecular weight excluding hydrogens is 400 g/mol. The molecule has 1 N–H and O–H groups in total. The topological polar surface area (TPSA) is 108 Å². The van der Waals surface area contributed by atoms with E-state index < -0.39 is 28.1 Å². The minimum absolute atomic E-state index is 0.0419. The number of non-ortho nitro benzene ring substituents is 1. The Morgan fingerprint density at radius 2 is 1.74 bits per heavy atom. The molecule has 2 aromatic rings. The maximum Gasteiger partial charge on any atom is 0.408 e. The lowest BCUT2D eigenvalue weighted by Crippen LogP contribution is -2.47. The summed E-state index contributed by atoms with van der Waals surface area (Å²) in [5.41, 5.74) is 0.670. The normalized spacial score (nSPS) is 19.9. The Kier molecular flexibility index (Phi) is 6.01. The fraction of sp³-hybridized carbons (Fsp3) is 0.391. The highest BCUT2D eigenvalue weighted by molar-refractivity contribution is 5.91. The molecule has 0 heterocycles. The summed E-state index contributed by atoms with van der Waals surface area (Å²) in [6, 6.07) is 13.5. The van der Waals surface area contributed by atoms with E-state index in [1.54, 1.807) is 20.8 Å². The number of carbonyl (C=O) groups excluding carboxylic acids is 2. The van der Waals surface area contributed by atoms with Crippen molar-refractivity contribution in [3.05, 3.63) is 75.3 Å². The van der Waals surface area contributed by atoms with Gasteiger partial charge < -0.3 is 14.8 Å². The van der Waals surface area contributed by atoms with Gasteiger partial charge in [-0.1, -0.05) is 29.8 Å². The first-order valence-corrected chi connectivity index (χ1v) is 9.98. The molecule has 2 atom stereocenters. The van der Waals surface area contributed by atoms with Gasteiger partial charge in [0, 0.05) is 18.1 Å². The number of nitrogens with zero attached hydrogens (tertiary/aromatic N) is 1. The number of rotatable bonds is 6. The third-order valence-electron chi connectivity index (χ3n) is 5.05. The number of hydrogen-bond donors (Lipinski definition) is 1. The van der Waals surface area contributed by atoms with Crippen LogP contribution in [0, 0.1) is 17.0 Å². The molecule has 0 radical (unpaired) electrons. The summed E-state index contributed by atoms with van der Waals surface area (Å²) in [6.07, 6.45) is -0.289. The summed E-state index contributed by atoms with van der Waals surface area (Å²) in [7, 11) is 0. The first kappa shape index (κ1) is 22.3. The summed E-state index contributed by atoms with van der Waals surface area (Å²) >= 11 is 0. The molecule has 1 amide bonds. The SMILES string of the molecule is Cc1ccc([C@@H]2C[C@]2(NC(=O)OC(C)(C)C)C(=O)OCc2ccc([N+](=O)[O-])cc2)cc1. The van der Waals surface area contributed by atoms with Gasteiger partial charge in [0.15, 0.2) is 0 Å². The number of benzene rings is 2. The highest BCUT2D eigenvalue weighted by Gasteiger charge is 2.63. The number of alkyl carbamates (subject to hydrolysis) is 1. The third-order valence-corrected chi connectivity index (χ3v) is 5.05. The van der Waals surface area contributed by atoms with Crippen molar-refractivity contribution < 1.29 is 24.0 Å². The van der Waals surface area contributed by atoms with Crippen molar-refractivity contribution in [2.45, 2.75) is 57.8 Å². The van der Waals surface area contributed by atoms with Gasteiger partial charge in [-0.3, -0.25) is 10.1 Å². The molecule has 1 aliphatic rings. The van der Waals surface area contributed by atoms with E-state index >= 15 is 0 Å². The van der Waals surface area contributed by atoms with Gasteiger partial charge in [-0.05, 0) is 57.4 Å². The molecule has 0 spiro atoms. The van der Waals surface area contributed by atoms with Crippen molar-refractivity contribution in [2.75, 3.05) is 0 Å². The van der Waals surface area contributed by atoms with Crippen molar-refractivity contribution in [3.63, 3.8) is 0 Å². The van der Waals surface area contributed by atoms with Crippen LogP contribution < -0.4 is 5.32 Å². The van der Waals surface area contributed by atoms with E-state index in [0.717, 1.165) is 11.1 Å². The molecule has 0 aliphatic heterocycles. The minimum Gasteiger partial charge on any atom is -0.459 e. The van der Waals surface area contributed by atoms with Gasteiger partial charge in [-0.25, -0.2) is 9.59 Å². The lowest BCUT2D eigenvalue weighted by Gasteiger charge is -2.23. The summed E-state index contributed by atoms with van der Waals surface area (Å²) in [5, 5.41) is 13.5. The summed E-state index contributed by atoms with van der Waals surface area (Å²) in [6.45, 7) is 7.15. The number of ether oxygens (including phenoxy) is 2. The standard InChI is InChI=1S/C23H26N2O6/c1-15-5-9-17(10-6-15)19-13-23(19,24-21(27)31-22(2,3)4)20(26)30-14-16-7-11-18(12-8-16)25(28)29/h5-12,19H,13-14H2,1-4H3,(H,24,27)/t19-,23+/m0/s1. The zero-order chi connectivity index (χ0) is 22.8. The van der Waals surface area contributed by atoms with Gasteiger partial charge in [0.25, 0.3) is 5.69 Å². The molecule has 0 unspecified atom stereocenters. The second-order valence-electron chi connectivity index (χ2n) is 8.77. The lowest BCUT2D eigenvalue weighted by molar-refractivity contribution is -0.384. The van der Waals surface area contributed by atoms with Crippen LogP contribution in [0.15, 0.2) is 48.5 Å². The molecule has 2 aromatic carbocycles. The second-order valence-corrected chi connectivity index (χ2v) is 8.77. The quantitative estimate of drug-likeness (QED) is 0.417. The summed E-state index contributed by atoms with van der Waals surface area (Å²) in [5.74, 6) is -0.799. The highest BCUT2D eigenvalue weighted by Crippen LogP contribution is 2.52. The molecule has 0 saturated heterocycles. The fourth-order valence-electron chi connectivity index (χ4n) is 3.36. The van der Waals surface area contributed by atoms with E-state index in [-0.39, 0.29) is 18.2 Å². The first-order valence-electron chi connectivity index (χ1n) is 9.98. The van der Waals surface area contributed by atoms with Crippen LogP contribution >= 0.6 is 0 Å². The van der Waals surface area contributed by atoms with E-state index in [1.165, 1.54) is 24.3 Å². The third kappa shape index (κ3) is 5.39. The number of aryl methyl sites for hydroxylation is 1. The number of amides is 1. The van der Waals surface area contributed by atoms with E-state index in [2.05, 4.69) is 5.32 Å². The summed E-state index contributed by atoms with van der Waals surface area (Å²) in [4.78, 5) is 35.7. The number of carbonyl (C=O) groups is 2. The molecule has 1 fully saturated rings. The Morgan fingerprint density at radius 1 is 1.13 bits per heavy atom. The van der Waals surface area contributed by atoms with Gasteiger partial charge in [-0.2, -0.15) is 0 Å². The molecule has 1 aliphatic carbocycles. The van der Waals surface area contributed by atoms with Gasteiger partial charge in [0.05, 0.1) is 4.92 Å². The second kappa shape index (κ2) is 8.37. The monoisotopic (exact) mass is 426 g/mol. The van der Waals surface area contributed by atoms with Gasteiger partial charge in [0.2, 0.25) is 0 Å². The molecular formula is C23H26N2O6. The predicted molar refractivity (Wildman–Crippen MR) is 114 cm³/mol. The van der Waals surface area contributed by atoms with Crippen LogP contribution in [0.5, 0.6) is 0 Å². The van der Waals surface area contributed by atoms with Crippen LogP contribution in [0.4, 0.5) is 10.5 Å². The maximum absolute atomic E-state index is 13.0. The average Bonchev–Trinajstić information content (AvgIpc) is 3.40. The molecule has 8 nitrogen and oxygen atoms in total. The average molecular weight is 426 g/mol. The number of hydrogen-bond acceptors (Lipinski definition) is 6. The van der Waals surface area contributed by atoms with Gasteiger partial charge in [0.1, 0.15) is 17.7 Å². The van der Waals surface area contributed by atoms with Crippen molar-refractivity contribution in [3.8, 4) is 0 Å². The van der Waals surface area contributed by atoms with Crippen molar-refractivity contribution in [1.82, 2.24) is 5.32 Å². The van der Waals surface area contributed by atoms with Crippen molar-refractivity contribution >= 4 is 17.7 Å². The van der Waals surface area contributed by atoms with Crippen LogP contribution in [-0.2, 0) is 20.9 Å². The van der Waals surface area contributed by atoms with Gasteiger partial charge in [-0.15, -0.1) is 0 Å². The Hall–Kier alpha value is -3.42. The van der Waals surface area contributed by atoms with Crippen LogP contribution in [0.1, 0.15) is 49.8 Å².